The molecule has 3 amide bonds. The number of imide groups is 1. The molecule has 0 aliphatic heterocycles. The fraction of sp³-hybridized carbons (Fsp3) is 0.222. The molecule has 0 bridgehead atoms. The summed E-state index contributed by atoms with van der Waals surface area (Å²) < 4.78 is 42.0. The van der Waals surface area contributed by atoms with Crippen LogP contribution >= 0.6 is 0 Å². The molecule has 0 saturated carbocycles. The van der Waals surface area contributed by atoms with E-state index in [1.165, 1.54) is 4.90 Å². The van der Waals surface area contributed by atoms with Crippen molar-refractivity contribution in [2.24, 2.45) is 0 Å². The highest BCUT2D eigenvalue weighted by molar-refractivity contribution is 5.96. The number of ether oxygens (including phenoxy) is 1. The molecule has 0 spiro atoms. The Balaban J connectivity index is 1.96. The third-order valence-electron chi connectivity index (χ3n) is 3.33. The molecule has 2 aromatic rings. The smallest absolute Gasteiger partial charge is 0.405 e. The van der Waals surface area contributed by atoms with Crippen LogP contribution in [0.2, 0.25) is 0 Å². The van der Waals surface area contributed by atoms with E-state index in [0.29, 0.717) is 17.2 Å². The summed E-state index contributed by atoms with van der Waals surface area (Å²) in [5.74, 6) is 0.335. The molecular weight excluding hydrogens is 363 g/mol. The first-order valence-corrected chi connectivity index (χ1v) is 7.92. The van der Waals surface area contributed by atoms with E-state index in [1.54, 1.807) is 48.8 Å². The van der Waals surface area contributed by atoms with E-state index in [2.05, 4.69) is 0 Å². The van der Waals surface area contributed by atoms with Crippen molar-refractivity contribution in [3.05, 3.63) is 54.6 Å². The molecule has 0 radical (unpaired) electrons. The first-order valence-electron chi connectivity index (χ1n) is 7.92. The van der Waals surface area contributed by atoms with Crippen LogP contribution in [0, 0.1) is 0 Å². The largest absolute Gasteiger partial charge is 0.455 e. The highest BCUT2D eigenvalue weighted by Gasteiger charge is 2.28. The lowest BCUT2D eigenvalue weighted by atomic mass is 10.2. The summed E-state index contributed by atoms with van der Waals surface area (Å²) in [7, 11) is 1.60. The van der Waals surface area contributed by atoms with Crippen molar-refractivity contribution in [3.8, 4) is 11.5 Å². The molecule has 0 aliphatic rings. The highest BCUT2D eigenvalue weighted by atomic mass is 19.4. The fourth-order valence-corrected chi connectivity index (χ4v) is 2.17. The van der Waals surface area contributed by atoms with Crippen LogP contribution in [0.5, 0.6) is 11.5 Å². The van der Waals surface area contributed by atoms with Crippen molar-refractivity contribution in [2.75, 3.05) is 25.0 Å². The van der Waals surface area contributed by atoms with Gasteiger partial charge in [0.15, 0.2) is 5.75 Å². The monoisotopic (exact) mass is 381 g/mol. The molecule has 6 nitrogen and oxygen atoms in total. The van der Waals surface area contributed by atoms with Crippen molar-refractivity contribution in [3.63, 3.8) is 0 Å². The lowest BCUT2D eigenvalue weighted by Gasteiger charge is -2.21. The summed E-state index contributed by atoms with van der Waals surface area (Å²) in [5.41, 5.74) is 0.576. The second-order valence-electron chi connectivity index (χ2n) is 5.58. The minimum Gasteiger partial charge on any atom is -0.455 e. The van der Waals surface area contributed by atoms with Gasteiger partial charge in [0.05, 0.1) is 12.2 Å². The Morgan fingerprint density at radius 2 is 1.67 bits per heavy atom. The second-order valence-corrected chi connectivity index (χ2v) is 5.58. The summed E-state index contributed by atoms with van der Waals surface area (Å²) in [5, 5.41) is 3.42. The van der Waals surface area contributed by atoms with Crippen LogP contribution in [-0.2, 0) is 4.79 Å². The molecule has 0 saturated heterocycles. The highest BCUT2D eigenvalue weighted by Crippen LogP contribution is 2.31. The summed E-state index contributed by atoms with van der Waals surface area (Å²) in [6.45, 7) is -1.77. The zero-order valence-corrected chi connectivity index (χ0v) is 14.4. The zero-order chi connectivity index (χ0) is 19.9. The molecule has 2 rings (SSSR count). The molecular formula is C18H18F3N3O3. The molecule has 0 unspecified atom stereocenters. The summed E-state index contributed by atoms with van der Waals surface area (Å²) in [6, 6.07) is 14.8. The van der Waals surface area contributed by atoms with E-state index in [9.17, 15) is 22.8 Å². The van der Waals surface area contributed by atoms with Gasteiger partial charge >= 0.3 is 12.2 Å². The van der Waals surface area contributed by atoms with Crippen LogP contribution in [-0.4, -0.2) is 38.3 Å². The van der Waals surface area contributed by atoms with E-state index in [4.69, 9.17) is 4.74 Å². The van der Waals surface area contributed by atoms with Crippen LogP contribution in [0.1, 0.15) is 0 Å². The standard InChI is InChI=1S/C18H18F3N3O3/c1-24(11-16(25)23-17(26)22-12-18(19,20)21)14-9-5-6-10-15(14)27-13-7-3-2-4-8-13/h2-10H,11-12H2,1H3,(H2,22,23,25,26). The number of rotatable bonds is 6. The molecule has 9 heteroatoms. The number of nitrogens with zero attached hydrogens (tertiary/aromatic N) is 1. The Morgan fingerprint density at radius 1 is 1.04 bits per heavy atom. The number of benzene rings is 2. The van der Waals surface area contributed by atoms with E-state index >= 15 is 0 Å². The number of alkyl halides is 3. The maximum Gasteiger partial charge on any atom is 0.405 e. The van der Waals surface area contributed by atoms with E-state index in [0.717, 1.165) is 0 Å². The number of nitrogens with one attached hydrogen (secondary N) is 2. The lowest BCUT2D eigenvalue weighted by Crippen LogP contribution is -2.46. The molecule has 0 aromatic heterocycles. The number of amides is 3. The number of urea groups is 1. The maximum absolute atomic E-state index is 12.1. The van der Waals surface area contributed by atoms with Gasteiger partial charge in [-0.15, -0.1) is 0 Å². The average molecular weight is 381 g/mol. The molecule has 0 atom stereocenters. The van der Waals surface area contributed by atoms with Crippen LogP contribution in [0.4, 0.5) is 23.7 Å². The quantitative estimate of drug-likeness (QED) is 0.806. The second kappa shape index (κ2) is 8.93. The van der Waals surface area contributed by atoms with Crippen molar-refractivity contribution >= 4 is 17.6 Å². The Hall–Kier alpha value is -3.23. The van der Waals surface area contributed by atoms with E-state index in [-0.39, 0.29) is 6.54 Å². The first-order chi connectivity index (χ1) is 12.7. The summed E-state index contributed by atoms with van der Waals surface area (Å²) in [6.07, 6.45) is -4.55. The van der Waals surface area contributed by atoms with E-state index in [1.807, 2.05) is 23.5 Å². The molecule has 2 N–H and O–H groups in total. The Kier molecular flexibility index (Phi) is 6.64. The van der Waals surface area contributed by atoms with Gasteiger partial charge in [-0.3, -0.25) is 10.1 Å². The molecule has 0 aliphatic carbocycles. The van der Waals surface area contributed by atoms with Crippen LogP contribution < -0.4 is 20.3 Å². The van der Waals surface area contributed by atoms with Gasteiger partial charge in [0, 0.05) is 7.05 Å². The molecule has 27 heavy (non-hydrogen) atoms. The predicted molar refractivity (Wildman–Crippen MR) is 93.8 cm³/mol. The maximum atomic E-state index is 12.1. The third kappa shape index (κ3) is 6.89. The van der Waals surface area contributed by atoms with Crippen LogP contribution in [0.25, 0.3) is 0 Å². The molecule has 0 fully saturated rings. The normalized spacial score (nSPS) is 10.8. The van der Waals surface area contributed by atoms with Gasteiger partial charge in [-0.2, -0.15) is 13.2 Å². The number of para-hydroxylation sites is 3. The van der Waals surface area contributed by atoms with E-state index < -0.39 is 24.7 Å². The van der Waals surface area contributed by atoms with Gasteiger partial charge < -0.3 is 15.0 Å². The number of likely N-dealkylation sites (N-methyl/N-ethyl adjacent to an activating group) is 1. The lowest BCUT2D eigenvalue weighted by molar-refractivity contribution is -0.124. The van der Waals surface area contributed by atoms with Gasteiger partial charge in [0.25, 0.3) is 0 Å². The van der Waals surface area contributed by atoms with Crippen LogP contribution in [0.3, 0.4) is 0 Å². The molecule has 2 aromatic carbocycles. The van der Waals surface area contributed by atoms with Gasteiger partial charge in [-0.05, 0) is 24.3 Å². The fourth-order valence-electron chi connectivity index (χ4n) is 2.17. The predicted octanol–water partition coefficient (Wildman–Crippen LogP) is 3.30. The van der Waals surface area contributed by atoms with Crippen molar-refractivity contribution in [1.29, 1.82) is 0 Å². The minimum atomic E-state index is -4.55. The van der Waals surface area contributed by atoms with Crippen molar-refractivity contribution in [1.82, 2.24) is 10.6 Å². The summed E-state index contributed by atoms with van der Waals surface area (Å²) >= 11 is 0. The van der Waals surface area contributed by atoms with Crippen molar-refractivity contribution < 1.29 is 27.5 Å². The van der Waals surface area contributed by atoms with Crippen molar-refractivity contribution in [2.45, 2.75) is 6.18 Å². The number of anilines is 1. The minimum absolute atomic E-state index is 0.255. The topological polar surface area (TPSA) is 70.7 Å². The number of hydrogen-bond donors (Lipinski definition) is 2. The number of carbonyl (C=O) groups is 2. The first kappa shape index (κ1) is 20.1. The summed E-state index contributed by atoms with van der Waals surface area (Å²) in [4.78, 5) is 24.8. The van der Waals surface area contributed by atoms with Gasteiger partial charge in [-0.25, -0.2) is 4.79 Å². The van der Waals surface area contributed by atoms with Gasteiger partial charge in [0.2, 0.25) is 5.91 Å². The number of halogens is 3. The molecule has 144 valence electrons. The Morgan fingerprint density at radius 3 is 2.33 bits per heavy atom. The molecule has 0 heterocycles. The number of hydrogen-bond acceptors (Lipinski definition) is 4. The van der Waals surface area contributed by atoms with Gasteiger partial charge in [0.1, 0.15) is 12.3 Å². The third-order valence-corrected chi connectivity index (χ3v) is 3.33. The van der Waals surface area contributed by atoms with Gasteiger partial charge in [-0.1, -0.05) is 30.3 Å². The number of carbonyl (C=O) groups excluding carboxylic acids is 2. The zero-order valence-electron chi connectivity index (χ0n) is 14.4. The van der Waals surface area contributed by atoms with Crippen LogP contribution in [0.15, 0.2) is 54.6 Å². The SMILES string of the molecule is CN(CC(=O)NC(=O)NCC(F)(F)F)c1ccccc1Oc1ccccc1. The Labute approximate surface area is 153 Å². The Bertz CT molecular complexity index is 782. The average Bonchev–Trinajstić information content (AvgIpc) is 2.60.